The van der Waals surface area contributed by atoms with Crippen molar-refractivity contribution >= 4 is 11.4 Å². The summed E-state index contributed by atoms with van der Waals surface area (Å²) in [4.78, 5) is 16.7. The second kappa shape index (κ2) is 5.19. The van der Waals surface area contributed by atoms with E-state index in [9.17, 15) is 4.79 Å². The van der Waals surface area contributed by atoms with E-state index in [4.69, 9.17) is 4.52 Å². The summed E-state index contributed by atoms with van der Waals surface area (Å²) in [6, 6.07) is 5.34. The van der Waals surface area contributed by atoms with Crippen LogP contribution in [0.1, 0.15) is 59.5 Å². The summed E-state index contributed by atoms with van der Waals surface area (Å²) in [5.74, 6) is 1.34. The van der Waals surface area contributed by atoms with Crippen LogP contribution in [0.3, 0.4) is 0 Å². The number of amides is 1. The number of nitrogens with zero attached hydrogens (tertiary/aromatic N) is 4. The molecule has 3 aromatic rings. The second-order valence-electron chi connectivity index (χ2n) is 6.06. The van der Waals surface area contributed by atoms with Crippen LogP contribution in [0, 0.1) is 6.92 Å². The number of carbonyl (C=O) groups excluding carboxylic acids is 1. The Morgan fingerprint density at radius 1 is 1.43 bits per heavy atom. The number of rotatable bonds is 4. The van der Waals surface area contributed by atoms with Crippen LogP contribution in [-0.2, 0) is 0 Å². The zero-order valence-corrected chi connectivity index (χ0v) is 13.0. The van der Waals surface area contributed by atoms with Crippen LogP contribution in [0.15, 0.2) is 28.9 Å². The summed E-state index contributed by atoms with van der Waals surface area (Å²) >= 11 is 0. The van der Waals surface area contributed by atoms with Gasteiger partial charge in [0.15, 0.2) is 11.5 Å². The SMILES string of the molecule is Cc1ccn2nc(C(=O)N[C@@H](C)c3nc(C4CC4)no3)cc2c1. The highest BCUT2D eigenvalue weighted by atomic mass is 16.5. The Kier molecular flexibility index (Phi) is 3.14. The molecular formula is C16H17N5O2. The molecule has 0 aromatic carbocycles. The Labute approximate surface area is 132 Å². The number of aryl methyl sites for hydroxylation is 1. The monoisotopic (exact) mass is 311 g/mol. The van der Waals surface area contributed by atoms with Crippen molar-refractivity contribution in [2.24, 2.45) is 0 Å². The number of aromatic nitrogens is 4. The summed E-state index contributed by atoms with van der Waals surface area (Å²) in [7, 11) is 0. The van der Waals surface area contributed by atoms with Gasteiger partial charge in [-0.2, -0.15) is 10.1 Å². The van der Waals surface area contributed by atoms with Crippen molar-refractivity contribution in [1.82, 2.24) is 25.1 Å². The molecule has 23 heavy (non-hydrogen) atoms. The van der Waals surface area contributed by atoms with Crippen molar-refractivity contribution in [1.29, 1.82) is 0 Å². The van der Waals surface area contributed by atoms with E-state index in [1.807, 2.05) is 32.2 Å². The molecule has 0 saturated heterocycles. The van der Waals surface area contributed by atoms with Gasteiger partial charge < -0.3 is 9.84 Å². The molecule has 0 unspecified atom stereocenters. The first-order valence-electron chi connectivity index (χ1n) is 7.70. The number of fused-ring (bicyclic) bond motifs is 1. The largest absolute Gasteiger partial charge is 0.339 e. The lowest BCUT2D eigenvalue weighted by molar-refractivity contribution is 0.0927. The molecule has 1 aliphatic carbocycles. The van der Waals surface area contributed by atoms with Crippen LogP contribution in [0.4, 0.5) is 0 Å². The van der Waals surface area contributed by atoms with E-state index in [2.05, 4.69) is 20.6 Å². The first kappa shape index (κ1) is 13.9. The van der Waals surface area contributed by atoms with Crippen molar-refractivity contribution in [2.75, 3.05) is 0 Å². The number of hydrogen-bond donors (Lipinski definition) is 1. The molecule has 1 aliphatic rings. The standard InChI is InChI=1S/C16H17N5O2/c1-9-5-6-21-12(7-9)8-13(19-21)15(22)17-10(2)16-18-14(20-23-16)11-3-4-11/h5-8,10-11H,3-4H2,1-2H3,(H,17,22)/t10-/m0/s1. The summed E-state index contributed by atoms with van der Waals surface area (Å²) in [5, 5.41) is 11.1. The van der Waals surface area contributed by atoms with Gasteiger partial charge in [-0.3, -0.25) is 4.79 Å². The van der Waals surface area contributed by atoms with Gasteiger partial charge in [-0.25, -0.2) is 4.52 Å². The van der Waals surface area contributed by atoms with Crippen LogP contribution < -0.4 is 5.32 Å². The Hall–Kier alpha value is -2.70. The van der Waals surface area contributed by atoms with Crippen LogP contribution in [0.25, 0.3) is 5.52 Å². The van der Waals surface area contributed by atoms with Crippen LogP contribution >= 0.6 is 0 Å². The van der Waals surface area contributed by atoms with E-state index in [0.29, 0.717) is 17.5 Å². The Morgan fingerprint density at radius 3 is 3.04 bits per heavy atom. The smallest absolute Gasteiger partial charge is 0.272 e. The van der Waals surface area contributed by atoms with E-state index in [1.54, 1.807) is 10.6 Å². The lowest BCUT2D eigenvalue weighted by Crippen LogP contribution is -2.27. The fourth-order valence-electron chi connectivity index (χ4n) is 2.48. The predicted octanol–water partition coefficient (Wildman–Crippen LogP) is 2.39. The average Bonchev–Trinajstić information content (AvgIpc) is 3.10. The average molecular weight is 311 g/mol. The Morgan fingerprint density at radius 2 is 2.26 bits per heavy atom. The molecule has 0 spiro atoms. The number of carbonyl (C=O) groups is 1. The van der Waals surface area contributed by atoms with Gasteiger partial charge in [0.2, 0.25) is 5.89 Å². The maximum Gasteiger partial charge on any atom is 0.272 e. The van der Waals surface area contributed by atoms with E-state index in [0.717, 1.165) is 29.7 Å². The highest BCUT2D eigenvalue weighted by molar-refractivity contribution is 5.93. The van der Waals surface area contributed by atoms with Gasteiger partial charge in [-0.05, 0) is 50.5 Å². The summed E-state index contributed by atoms with van der Waals surface area (Å²) in [5.41, 5.74) is 2.37. The second-order valence-corrected chi connectivity index (χ2v) is 6.06. The molecule has 7 nitrogen and oxygen atoms in total. The van der Waals surface area contributed by atoms with E-state index in [-0.39, 0.29) is 11.9 Å². The van der Waals surface area contributed by atoms with Crippen LogP contribution in [-0.4, -0.2) is 25.7 Å². The maximum atomic E-state index is 12.4. The first-order valence-corrected chi connectivity index (χ1v) is 7.70. The van der Waals surface area contributed by atoms with E-state index < -0.39 is 0 Å². The van der Waals surface area contributed by atoms with Crippen molar-refractivity contribution in [3.8, 4) is 0 Å². The molecule has 7 heteroatoms. The number of hydrogen-bond acceptors (Lipinski definition) is 5. The van der Waals surface area contributed by atoms with E-state index >= 15 is 0 Å². The lowest BCUT2D eigenvalue weighted by atomic mass is 10.2. The molecule has 1 fully saturated rings. The fraction of sp³-hybridized carbons (Fsp3) is 0.375. The van der Waals surface area contributed by atoms with Gasteiger partial charge in [-0.1, -0.05) is 5.16 Å². The number of pyridine rings is 1. The Bertz CT molecular complexity index is 878. The first-order chi connectivity index (χ1) is 11.1. The fourth-order valence-corrected chi connectivity index (χ4v) is 2.48. The highest BCUT2D eigenvalue weighted by Gasteiger charge is 2.30. The summed E-state index contributed by atoms with van der Waals surface area (Å²) < 4.78 is 6.92. The van der Waals surface area contributed by atoms with Crippen molar-refractivity contribution in [3.05, 3.63) is 47.4 Å². The number of nitrogens with one attached hydrogen (secondary N) is 1. The minimum absolute atomic E-state index is 0.259. The highest BCUT2D eigenvalue weighted by Crippen LogP contribution is 2.38. The van der Waals surface area contributed by atoms with Crippen molar-refractivity contribution in [3.63, 3.8) is 0 Å². The topological polar surface area (TPSA) is 85.3 Å². The minimum Gasteiger partial charge on any atom is -0.339 e. The molecule has 3 aromatic heterocycles. The molecule has 1 N–H and O–H groups in total. The van der Waals surface area contributed by atoms with Crippen LogP contribution in [0.2, 0.25) is 0 Å². The molecule has 1 saturated carbocycles. The van der Waals surface area contributed by atoms with Gasteiger partial charge >= 0.3 is 0 Å². The van der Waals surface area contributed by atoms with Gasteiger partial charge in [0.1, 0.15) is 6.04 Å². The molecular weight excluding hydrogens is 294 g/mol. The maximum absolute atomic E-state index is 12.4. The van der Waals surface area contributed by atoms with E-state index in [1.165, 1.54) is 0 Å². The molecule has 118 valence electrons. The van der Waals surface area contributed by atoms with Crippen LogP contribution in [0.5, 0.6) is 0 Å². The zero-order valence-electron chi connectivity index (χ0n) is 13.0. The van der Waals surface area contributed by atoms with Crippen molar-refractivity contribution < 1.29 is 9.32 Å². The van der Waals surface area contributed by atoms with Gasteiger partial charge in [0.05, 0.1) is 5.52 Å². The third kappa shape index (κ3) is 2.69. The molecule has 4 rings (SSSR count). The lowest BCUT2D eigenvalue weighted by Gasteiger charge is -2.07. The van der Waals surface area contributed by atoms with Gasteiger partial charge in [0.25, 0.3) is 5.91 Å². The van der Waals surface area contributed by atoms with Gasteiger partial charge in [0, 0.05) is 12.1 Å². The molecule has 1 amide bonds. The molecule has 0 aliphatic heterocycles. The van der Waals surface area contributed by atoms with Crippen molar-refractivity contribution in [2.45, 2.75) is 38.6 Å². The molecule has 1 atom stereocenters. The molecule has 0 bridgehead atoms. The third-order valence-corrected chi connectivity index (χ3v) is 3.97. The predicted molar refractivity (Wildman–Crippen MR) is 82.1 cm³/mol. The van der Waals surface area contributed by atoms with Gasteiger partial charge in [-0.15, -0.1) is 0 Å². The molecule has 3 heterocycles. The molecule has 0 radical (unpaired) electrons. The summed E-state index contributed by atoms with van der Waals surface area (Å²) in [6.07, 6.45) is 4.06. The minimum atomic E-state index is -0.353. The zero-order chi connectivity index (χ0) is 16.0. The summed E-state index contributed by atoms with van der Waals surface area (Å²) in [6.45, 7) is 3.82. The third-order valence-electron chi connectivity index (χ3n) is 3.97. The Balaban J connectivity index is 1.50. The quantitative estimate of drug-likeness (QED) is 0.799. The normalized spacial score (nSPS) is 15.7.